The number of rotatable bonds is 4. The predicted octanol–water partition coefficient (Wildman–Crippen LogP) is 2.02. The molecule has 1 heterocycles. The number of hydrogen-bond acceptors (Lipinski definition) is 5. The van der Waals surface area contributed by atoms with E-state index in [1.54, 1.807) is 0 Å². The summed E-state index contributed by atoms with van der Waals surface area (Å²) in [6.07, 6.45) is 0.215. The third-order valence-corrected chi connectivity index (χ3v) is 3.15. The van der Waals surface area contributed by atoms with Gasteiger partial charge >= 0.3 is 5.97 Å². The van der Waals surface area contributed by atoms with Gasteiger partial charge in [0.2, 0.25) is 0 Å². The molecule has 1 aliphatic heterocycles. The van der Waals surface area contributed by atoms with Crippen LogP contribution in [-0.2, 0) is 16.0 Å². The third-order valence-electron chi connectivity index (χ3n) is 3.15. The molecule has 0 spiro atoms. The Hall–Kier alpha value is -2.30. The van der Waals surface area contributed by atoms with Crippen molar-refractivity contribution >= 4 is 11.8 Å². The maximum Gasteiger partial charge on any atom is 0.302 e. The van der Waals surface area contributed by atoms with E-state index in [2.05, 4.69) is 6.58 Å². The number of carbonyl (C=O) groups excluding carboxylic acids is 2. The molecule has 5 heteroatoms. The molecule has 0 amide bonds. The lowest BCUT2D eigenvalue weighted by Gasteiger charge is -2.13. The Bertz CT molecular complexity index is 588. The van der Waals surface area contributed by atoms with E-state index in [1.165, 1.54) is 26.0 Å². The van der Waals surface area contributed by atoms with E-state index >= 15 is 0 Å². The Morgan fingerprint density at radius 2 is 2.15 bits per heavy atom. The average molecular weight is 276 g/mol. The summed E-state index contributed by atoms with van der Waals surface area (Å²) in [7, 11) is 0. The molecule has 1 aromatic carbocycles. The second kappa shape index (κ2) is 5.36. The summed E-state index contributed by atoms with van der Waals surface area (Å²) >= 11 is 0. The van der Waals surface area contributed by atoms with Crippen LogP contribution in [0.5, 0.6) is 11.5 Å². The fourth-order valence-corrected chi connectivity index (χ4v) is 2.07. The zero-order valence-corrected chi connectivity index (χ0v) is 11.4. The monoisotopic (exact) mass is 276 g/mol. The van der Waals surface area contributed by atoms with Crippen LogP contribution in [0.3, 0.4) is 0 Å². The highest BCUT2D eigenvalue weighted by atomic mass is 16.5. The van der Waals surface area contributed by atoms with Gasteiger partial charge in [0.05, 0.1) is 5.56 Å². The van der Waals surface area contributed by atoms with E-state index in [4.69, 9.17) is 9.47 Å². The largest absolute Gasteiger partial charge is 0.507 e. The van der Waals surface area contributed by atoms with Crippen molar-refractivity contribution in [3.8, 4) is 11.5 Å². The van der Waals surface area contributed by atoms with E-state index in [1.807, 2.05) is 0 Å². The van der Waals surface area contributed by atoms with Crippen LogP contribution >= 0.6 is 0 Å². The van der Waals surface area contributed by atoms with Crippen LogP contribution in [-0.4, -0.2) is 29.6 Å². The lowest BCUT2D eigenvalue weighted by molar-refractivity contribution is -0.140. The van der Waals surface area contributed by atoms with Gasteiger partial charge in [0.15, 0.2) is 5.78 Å². The van der Waals surface area contributed by atoms with Crippen LogP contribution in [0.15, 0.2) is 24.3 Å². The quantitative estimate of drug-likeness (QED) is 0.517. The van der Waals surface area contributed by atoms with Gasteiger partial charge < -0.3 is 14.6 Å². The Morgan fingerprint density at radius 1 is 1.45 bits per heavy atom. The van der Waals surface area contributed by atoms with Crippen molar-refractivity contribution in [2.75, 3.05) is 6.61 Å². The molecule has 0 fully saturated rings. The number of phenolic OH excluding ortho intramolecular Hbond substituents is 1. The van der Waals surface area contributed by atoms with E-state index in [-0.39, 0.29) is 35.8 Å². The van der Waals surface area contributed by atoms with Crippen molar-refractivity contribution in [3.63, 3.8) is 0 Å². The Labute approximate surface area is 116 Å². The Morgan fingerprint density at radius 3 is 2.75 bits per heavy atom. The average Bonchev–Trinajstić information content (AvgIpc) is 2.77. The third kappa shape index (κ3) is 2.82. The van der Waals surface area contributed by atoms with Gasteiger partial charge in [-0.1, -0.05) is 6.58 Å². The summed E-state index contributed by atoms with van der Waals surface area (Å²) in [5.74, 6) is -0.0951. The molecule has 0 aromatic heterocycles. The second-order valence-electron chi connectivity index (χ2n) is 4.78. The first-order valence-electron chi connectivity index (χ1n) is 6.23. The predicted molar refractivity (Wildman–Crippen MR) is 72.0 cm³/mol. The number of esters is 1. The van der Waals surface area contributed by atoms with E-state index in [0.29, 0.717) is 17.7 Å². The minimum Gasteiger partial charge on any atom is -0.507 e. The molecule has 1 N–H and O–H groups in total. The molecule has 0 radical (unpaired) electrons. The van der Waals surface area contributed by atoms with Crippen molar-refractivity contribution in [1.29, 1.82) is 0 Å². The summed E-state index contributed by atoms with van der Waals surface area (Å²) < 4.78 is 10.6. The summed E-state index contributed by atoms with van der Waals surface area (Å²) in [4.78, 5) is 22.1. The molecule has 5 nitrogen and oxygen atoms in total. The minimum absolute atomic E-state index is 0.0499. The molecule has 0 aliphatic carbocycles. The highest BCUT2D eigenvalue weighted by Crippen LogP contribution is 2.36. The van der Waals surface area contributed by atoms with Gasteiger partial charge in [-0.05, 0) is 19.1 Å². The van der Waals surface area contributed by atoms with Crippen LogP contribution in [0.4, 0.5) is 0 Å². The van der Waals surface area contributed by atoms with Crippen molar-refractivity contribution in [2.24, 2.45) is 0 Å². The number of ether oxygens (including phenoxy) is 2. The molecule has 0 saturated heterocycles. The number of carbonyl (C=O) groups is 2. The molecule has 20 heavy (non-hydrogen) atoms. The van der Waals surface area contributed by atoms with Gasteiger partial charge in [0, 0.05) is 24.5 Å². The normalized spacial score (nSPS) is 16.2. The van der Waals surface area contributed by atoms with Gasteiger partial charge in [-0.15, -0.1) is 0 Å². The Kier molecular flexibility index (Phi) is 3.79. The molecule has 2 rings (SSSR count). The first kappa shape index (κ1) is 14.1. The zero-order valence-electron chi connectivity index (χ0n) is 11.4. The molecule has 1 aliphatic rings. The van der Waals surface area contributed by atoms with Crippen LogP contribution in [0.1, 0.15) is 29.8 Å². The highest BCUT2D eigenvalue weighted by molar-refractivity contribution is 5.97. The molecule has 1 aromatic rings. The lowest BCUT2D eigenvalue weighted by atomic mass is 10.0. The molecule has 0 bridgehead atoms. The summed E-state index contributed by atoms with van der Waals surface area (Å²) in [6.45, 7) is 6.65. The van der Waals surface area contributed by atoms with Crippen LogP contribution in [0.25, 0.3) is 0 Å². The maximum absolute atomic E-state index is 11.4. The number of aromatic hydroxyl groups is 1. The van der Waals surface area contributed by atoms with Gasteiger partial charge in [-0.25, -0.2) is 0 Å². The SMILES string of the molecule is C=C(COC(C)=O)[C@@H]1Cc2cc(O)c(C(C)=O)cc2O1. The number of benzene rings is 1. The number of phenols is 1. The first-order chi connectivity index (χ1) is 9.38. The van der Waals surface area contributed by atoms with Crippen molar-refractivity contribution in [2.45, 2.75) is 26.4 Å². The molecule has 106 valence electrons. The molecule has 1 atom stereocenters. The number of hydrogen-bond donors (Lipinski definition) is 1. The molecule has 0 unspecified atom stereocenters. The standard InChI is InChI=1S/C15H16O5/c1-8(7-19-10(3)17)14-5-11-4-13(18)12(9(2)16)6-15(11)20-14/h4,6,14,18H,1,5,7H2,2-3H3/t14-/m0/s1. The Balaban J connectivity index is 2.13. The van der Waals surface area contributed by atoms with Crippen molar-refractivity contribution in [3.05, 3.63) is 35.4 Å². The molecular formula is C15H16O5. The van der Waals surface area contributed by atoms with E-state index in [9.17, 15) is 14.7 Å². The lowest BCUT2D eigenvalue weighted by Crippen LogP contribution is -2.20. The van der Waals surface area contributed by atoms with Crippen molar-refractivity contribution in [1.82, 2.24) is 0 Å². The minimum atomic E-state index is -0.377. The molecular weight excluding hydrogens is 260 g/mol. The van der Waals surface area contributed by atoms with Gasteiger partial charge in [0.1, 0.15) is 24.2 Å². The summed E-state index contributed by atoms with van der Waals surface area (Å²) in [5, 5.41) is 9.78. The van der Waals surface area contributed by atoms with Crippen LogP contribution in [0.2, 0.25) is 0 Å². The number of Topliss-reactive ketones (excluding diaryl/α,β-unsaturated/α-hetero) is 1. The summed E-state index contributed by atoms with van der Waals surface area (Å²) in [5.41, 5.74) is 1.68. The van der Waals surface area contributed by atoms with Gasteiger partial charge in [-0.3, -0.25) is 9.59 Å². The van der Waals surface area contributed by atoms with Crippen LogP contribution in [0, 0.1) is 0 Å². The second-order valence-corrected chi connectivity index (χ2v) is 4.78. The fourth-order valence-electron chi connectivity index (χ4n) is 2.07. The van der Waals surface area contributed by atoms with E-state index < -0.39 is 0 Å². The van der Waals surface area contributed by atoms with Gasteiger partial charge in [0.25, 0.3) is 0 Å². The first-order valence-corrected chi connectivity index (χ1v) is 6.23. The van der Waals surface area contributed by atoms with Crippen molar-refractivity contribution < 1.29 is 24.2 Å². The zero-order chi connectivity index (χ0) is 14.9. The smallest absolute Gasteiger partial charge is 0.302 e. The topological polar surface area (TPSA) is 72.8 Å². The van der Waals surface area contributed by atoms with Crippen LogP contribution < -0.4 is 4.74 Å². The fraction of sp³-hybridized carbons (Fsp3) is 0.333. The maximum atomic E-state index is 11.4. The number of fused-ring (bicyclic) bond motifs is 1. The molecule has 0 saturated carbocycles. The number of ketones is 1. The highest BCUT2D eigenvalue weighted by Gasteiger charge is 2.27. The van der Waals surface area contributed by atoms with E-state index in [0.717, 1.165) is 5.56 Å². The summed E-state index contributed by atoms with van der Waals surface area (Å²) in [6, 6.07) is 3.07. The van der Waals surface area contributed by atoms with Gasteiger partial charge in [-0.2, -0.15) is 0 Å².